The summed E-state index contributed by atoms with van der Waals surface area (Å²) in [5, 5.41) is 9.01. The highest BCUT2D eigenvalue weighted by atomic mass is 35.5. The lowest BCUT2D eigenvalue weighted by Crippen LogP contribution is -2.00. The molecule has 2 aromatic carbocycles. The summed E-state index contributed by atoms with van der Waals surface area (Å²) in [7, 11) is 1.60. The van der Waals surface area contributed by atoms with Gasteiger partial charge in [0.2, 0.25) is 5.16 Å². The standard InChI is InChI=1S/C17H15Cl2N3O2S/c1-23-15-6-5-12(19)10-14(15)16-20-17(22-21-16)25-8-7-24-13-4-2-3-11(18)9-13/h2-6,9-10H,7-8H2,1H3,(H,20,21,22). The first-order valence-corrected chi connectivity index (χ1v) is 9.17. The largest absolute Gasteiger partial charge is 0.496 e. The van der Waals surface area contributed by atoms with Crippen molar-refractivity contribution in [2.45, 2.75) is 5.16 Å². The van der Waals surface area contributed by atoms with Gasteiger partial charge in [0.1, 0.15) is 11.5 Å². The number of hydrogen-bond acceptors (Lipinski definition) is 5. The zero-order valence-corrected chi connectivity index (χ0v) is 15.7. The number of ether oxygens (including phenoxy) is 2. The summed E-state index contributed by atoms with van der Waals surface area (Å²) in [6, 6.07) is 12.7. The number of nitrogens with zero attached hydrogens (tertiary/aromatic N) is 2. The van der Waals surface area contributed by atoms with Crippen LogP contribution in [0.15, 0.2) is 47.6 Å². The fourth-order valence-electron chi connectivity index (χ4n) is 2.15. The van der Waals surface area contributed by atoms with Crippen LogP contribution in [0.3, 0.4) is 0 Å². The molecule has 0 aliphatic heterocycles. The van der Waals surface area contributed by atoms with Crippen molar-refractivity contribution in [3.63, 3.8) is 0 Å². The molecule has 25 heavy (non-hydrogen) atoms. The summed E-state index contributed by atoms with van der Waals surface area (Å²) in [4.78, 5) is 4.47. The minimum atomic E-state index is 0.523. The lowest BCUT2D eigenvalue weighted by molar-refractivity contribution is 0.344. The number of aromatic nitrogens is 3. The molecule has 1 aromatic heterocycles. The second kappa shape index (κ2) is 8.47. The van der Waals surface area contributed by atoms with Crippen LogP contribution >= 0.6 is 35.0 Å². The molecule has 0 atom stereocenters. The second-order valence-corrected chi connectivity index (χ2v) is 6.90. The van der Waals surface area contributed by atoms with E-state index in [-0.39, 0.29) is 0 Å². The van der Waals surface area contributed by atoms with E-state index in [1.54, 1.807) is 31.4 Å². The van der Waals surface area contributed by atoms with E-state index in [0.29, 0.717) is 39.1 Å². The highest BCUT2D eigenvalue weighted by Crippen LogP contribution is 2.31. The van der Waals surface area contributed by atoms with E-state index in [2.05, 4.69) is 15.2 Å². The predicted molar refractivity (Wildman–Crippen MR) is 101 cm³/mol. The van der Waals surface area contributed by atoms with Crippen molar-refractivity contribution >= 4 is 35.0 Å². The van der Waals surface area contributed by atoms with E-state index < -0.39 is 0 Å². The normalized spacial score (nSPS) is 10.7. The Kier molecular flexibility index (Phi) is 6.07. The van der Waals surface area contributed by atoms with Crippen molar-refractivity contribution in [3.05, 3.63) is 52.5 Å². The maximum atomic E-state index is 6.05. The average molecular weight is 396 g/mol. The first kappa shape index (κ1) is 17.9. The van der Waals surface area contributed by atoms with Crippen LogP contribution in [-0.4, -0.2) is 34.7 Å². The van der Waals surface area contributed by atoms with Crippen LogP contribution in [-0.2, 0) is 0 Å². The molecule has 3 rings (SSSR count). The van der Waals surface area contributed by atoms with Gasteiger partial charge in [0, 0.05) is 15.8 Å². The molecule has 0 saturated heterocycles. The third-order valence-corrected chi connectivity index (χ3v) is 4.54. The monoisotopic (exact) mass is 395 g/mol. The number of methoxy groups -OCH3 is 1. The van der Waals surface area contributed by atoms with Crippen LogP contribution in [0.1, 0.15) is 0 Å². The summed E-state index contributed by atoms with van der Waals surface area (Å²) in [5.74, 6) is 2.74. The molecular weight excluding hydrogens is 381 g/mol. The van der Waals surface area contributed by atoms with Gasteiger partial charge in [-0.05, 0) is 36.4 Å². The summed E-state index contributed by atoms with van der Waals surface area (Å²) in [6.45, 7) is 0.523. The zero-order valence-electron chi connectivity index (χ0n) is 13.3. The van der Waals surface area contributed by atoms with E-state index in [1.807, 2.05) is 18.2 Å². The molecule has 0 bridgehead atoms. The highest BCUT2D eigenvalue weighted by molar-refractivity contribution is 7.99. The van der Waals surface area contributed by atoms with Gasteiger partial charge in [0.05, 0.1) is 19.3 Å². The van der Waals surface area contributed by atoms with Crippen molar-refractivity contribution in [1.29, 1.82) is 0 Å². The van der Waals surface area contributed by atoms with Crippen LogP contribution in [0, 0.1) is 0 Å². The molecular formula is C17H15Cl2N3O2S. The maximum absolute atomic E-state index is 6.05. The number of thioether (sulfide) groups is 1. The average Bonchev–Trinajstić information content (AvgIpc) is 3.07. The molecule has 0 fully saturated rings. The number of halogens is 2. The van der Waals surface area contributed by atoms with Gasteiger partial charge < -0.3 is 9.47 Å². The van der Waals surface area contributed by atoms with Crippen LogP contribution in [0.2, 0.25) is 10.0 Å². The summed E-state index contributed by atoms with van der Waals surface area (Å²) in [5.41, 5.74) is 0.768. The van der Waals surface area contributed by atoms with Crippen LogP contribution in [0.4, 0.5) is 0 Å². The molecule has 0 aliphatic carbocycles. The van der Waals surface area contributed by atoms with Crippen LogP contribution in [0.5, 0.6) is 11.5 Å². The molecule has 130 valence electrons. The smallest absolute Gasteiger partial charge is 0.208 e. The first-order chi connectivity index (χ1) is 12.2. The number of H-pyrrole nitrogens is 1. The fraction of sp³-hybridized carbons (Fsp3) is 0.176. The lowest BCUT2D eigenvalue weighted by Gasteiger charge is -2.05. The quantitative estimate of drug-likeness (QED) is 0.452. The lowest BCUT2D eigenvalue weighted by atomic mass is 10.2. The summed E-state index contributed by atoms with van der Waals surface area (Å²) < 4.78 is 11.0. The molecule has 0 aliphatic rings. The Balaban J connectivity index is 1.58. The van der Waals surface area contributed by atoms with Gasteiger partial charge in [-0.25, -0.2) is 4.98 Å². The Labute approximate surface area is 159 Å². The Morgan fingerprint density at radius 1 is 1.12 bits per heavy atom. The van der Waals surface area contributed by atoms with E-state index in [9.17, 15) is 0 Å². The minimum absolute atomic E-state index is 0.523. The number of benzene rings is 2. The van der Waals surface area contributed by atoms with Gasteiger partial charge in [0.25, 0.3) is 0 Å². The Morgan fingerprint density at radius 2 is 1.96 bits per heavy atom. The van der Waals surface area contributed by atoms with E-state index in [0.717, 1.165) is 11.3 Å². The first-order valence-electron chi connectivity index (χ1n) is 7.43. The molecule has 0 spiro atoms. The predicted octanol–water partition coefficient (Wildman–Crippen LogP) is 4.96. The van der Waals surface area contributed by atoms with Crippen molar-refractivity contribution < 1.29 is 9.47 Å². The van der Waals surface area contributed by atoms with Gasteiger partial charge in [0.15, 0.2) is 5.82 Å². The number of hydrogen-bond donors (Lipinski definition) is 1. The van der Waals surface area contributed by atoms with Gasteiger partial charge >= 0.3 is 0 Å². The summed E-state index contributed by atoms with van der Waals surface area (Å²) in [6.07, 6.45) is 0. The molecule has 1 heterocycles. The zero-order chi connectivity index (χ0) is 17.6. The molecule has 3 aromatic rings. The van der Waals surface area contributed by atoms with Crippen molar-refractivity contribution in [2.75, 3.05) is 19.5 Å². The molecule has 8 heteroatoms. The Bertz CT molecular complexity index is 857. The third-order valence-electron chi connectivity index (χ3n) is 3.26. The van der Waals surface area contributed by atoms with Crippen LogP contribution in [0.25, 0.3) is 11.4 Å². The second-order valence-electron chi connectivity index (χ2n) is 4.97. The third kappa shape index (κ3) is 4.81. The Hall–Kier alpha value is -1.89. The molecule has 0 radical (unpaired) electrons. The van der Waals surface area contributed by atoms with Crippen molar-refractivity contribution in [1.82, 2.24) is 15.2 Å². The molecule has 0 unspecified atom stereocenters. The van der Waals surface area contributed by atoms with Gasteiger partial charge in [-0.1, -0.05) is 41.0 Å². The van der Waals surface area contributed by atoms with Gasteiger partial charge in [-0.15, -0.1) is 5.10 Å². The highest BCUT2D eigenvalue weighted by Gasteiger charge is 2.12. The van der Waals surface area contributed by atoms with E-state index in [1.165, 1.54) is 11.8 Å². The summed E-state index contributed by atoms with van der Waals surface area (Å²) >= 11 is 13.5. The van der Waals surface area contributed by atoms with Gasteiger partial charge in [-0.2, -0.15) is 0 Å². The van der Waals surface area contributed by atoms with E-state index in [4.69, 9.17) is 32.7 Å². The van der Waals surface area contributed by atoms with E-state index >= 15 is 0 Å². The fourth-order valence-corrected chi connectivity index (χ4v) is 3.11. The minimum Gasteiger partial charge on any atom is -0.496 e. The van der Waals surface area contributed by atoms with Crippen LogP contribution < -0.4 is 9.47 Å². The molecule has 0 amide bonds. The maximum Gasteiger partial charge on any atom is 0.208 e. The Morgan fingerprint density at radius 3 is 2.76 bits per heavy atom. The molecule has 0 saturated carbocycles. The number of rotatable bonds is 7. The van der Waals surface area contributed by atoms with Crippen molar-refractivity contribution in [2.24, 2.45) is 0 Å². The topological polar surface area (TPSA) is 60.0 Å². The molecule has 1 N–H and O–H groups in total. The van der Waals surface area contributed by atoms with Crippen molar-refractivity contribution in [3.8, 4) is 22.9 Å². The molecule has 5 nitrogen and oxygen atoms in total. The van der Waals surface area contributed by atoms with Gasteiger partial charge in [-0.3, -0.25) is 5.10 Å². The number of nitrogens with one attached hydrogen (secondary N) is 1. The number of aromatic amines is 1. The SMILES string of the molecule is COc1ccc(Cl)cc1-c1nc(SCCOc2cccc(Cl)c2)n[nH]1.